The quantitative estimate of drug-likeness (QED) is 0.417. The average molecular weight is 499 g/mol. The van der Waals surface area contributed by atoms with E-state index in [2.05, 4.69) is 16.0 Å². The number of imide groups is 1. The molecular formula is C24H23ClN4O6. The average Bonchev–Trinajstić information content (AvgIpc) is 3.14. The summed E-state index contributed by atoms with van der Waals surface area (Å²) in [5.74, 6) is -1.96. The number of hydrogen-bond acceptors (Lipinski definition) is 6. The maximum atomic E-state index is 12.8. The lowest BCUT2D eigenvalue weighted by Gasteiger charge is -2.29. The van der Waals surface area contributed by atoms with Crippen LogP contribution in [-0.2, 0) is 38.7 Å². The smallest absolute Gasteiger partial charge is 0.255 e. The van der Waals surface area contributed by atoms with Gasteiger partial charge in [0.25, 0.3) is 5.91 Å². The van der Waals surface area contributed by atoms with Crippen LogP contribution in [0, 0.1) is 0 Å². The second kappa shape index (κ2) is 10.2. The Bertz CT molecular complexity index is 1230. The first-order valence-electron chi connectivity index (χ1n) is 11.0. The molecule has 5 amide bonds. The second-order valence-electron chi connectivity index (χ2n) is 8.35. The van der Waals surface area contributed by atoms with Gasteiger partial charge in [-0.3, -0.25) is 29.3 Å². The molecule has 1 saturated heterocycles. The number of halogens is 1. The number of nitrogens with one attached hydrogen (secondary N) is 3. The maximum absolute atomic E-state index is 12.8. The zero-order valence-corrected chi connectivity index (χ0v) is 19.4. The van der Waals surface area contributed by atoms with Gasteiger partial charge in [0, 0.05) is 35.8 Å². The van der Waals surface area contributed by atoms with E-state index < -0.39 is 24.5 Å². The number of benzene rings is 2. The number of amides is 5. The summed E-state index contributed by atoms with van der Waals surface area (Å²) >= 11 is 6.03. The Morgan fingerprint density at radius 2 is 1.91 bits per heavy atom. The van der Waals surface area contributed by atoms with Crippen molar-refractivity contribution < 1.29 is 29.1 Å². The fourth-order valence-corrected chi connectivity index (χ4v) is 4.39. The minimum atomic E-state index is -0.700. The van der Waals surface area contributed by atoms with Gasteiger partial charge in [-0.05, 0) is 47.4 Å². The Morgan fingerprint density at radius 1 is 1.11 bits per heavy atom. The van der Waals surface area contributed by atoms with Crippen LogP contribution >= 0.6 is 11.6 Å². The molecule has 35 heavy (non-hydrogen) atoms. The number of carbonyl (C=O) groups excluding carboxylic acids is 5. The van der Waals surface area contributed by atoms with Crippen molar-refractivity contribution in [3.05, 3.63) is 63.7 Å². The third kappa shape index (κ3) is 5.50. The molecule has 2 aromatic rings. The van der Waals surface area contributed by atoms with Gasteiger partial charge >= 0.3 is 0 Å². The molecule has 1 atom stereocenters. The SMILES string of the molecule is O=C(CO)NCc1cc(Cl)ccc1NC(=O)Cc1ccc2c(c1)CN(C1CCC(=O)NC1=O)C2=O. The Balaban J connectivity index is 1.43. The van der Waals surface area contributed by atoms with Crippen molar-refractivity contribution in [2.24, 2.45) is 0 Å². The van der Waals surface area contributed by atoms with Crippen molar-refractivity contribution in [1.82, 2.24) is 15.5 Å². The molecule has 182 valence electrons. The molecule has 1 unspecified atom stereocenters. The summed E-state index contributed by atoms with van der Waals surface area (Å²) in [6.45, 7) is -0.349. The molecule has 4 N–H and O–H groups in total. The molecule has 2 heterocycles. The van der Waals surface area contributed by atoms with Crippen LogP contribution in [0.2, 0.25) is 5.02 Å². The fourth-order valence-electron chi connectivity index (χ4n) is 4.20. The third-order valence-corrected chi connectivity index (χ3v) is 6.15. The van der Waals surface area contributed by atoms with E-state index in [9.17, 15) is 24.0 Å². The summed E-state index contributed by atoms with van der Waals surface area (Å²) in [7, 11) is 0. The predicted octanol–water partition coefficient (Wildman–Crippen LogP) is 0.891. The van der Waals surface area contributed by atoms with Crippen molar-refractivity contribution >= 4 is 46.8 Å². The molecule has 0 bridgehead atoms. The topological polar surface area (TPSA) is 145 Å². The first-order valence-corrected chi connectivity index (χ1v) is 11.3. The summed E-state index contributed by atoms with van der Waals surface area (Å²) in [6.07, 6.45) is 0.491. The molecule has 0 radical (unpaired) electrons. The van der Waals surface area contributed by atoms with Crippen LogP contribution < -0.4 is 16.0 Å². The van der Waals surface area contributed by atoms with Crippen LogP contribution in [0.4, 0.5) is 5.69 Å². The highest BCUT2D eigenvalue weighted by molar-refractivity contribution is 6.30. The lowest BCUT2D eigenvalue weighted by molar-refractivity contribution is -0.137. The number of anilines is 1. The van der Waals surface area contributed by atoms with Gasteiger partial charge in [0.05, 0.1) is 6.42 Å². The summed E-state index contributed by atoms with van der Waals surface area (Å²) in [4.78, 5) is 62.0. The standard InChI is InChI=1S/C24H23ClN4O6/c25-16-2-4-18(14(9-16)10-26-22(33)12-30)27-21(32)8-13-1-3-17-15(7-13)11-29(24(17)35)19-5-6-20(31)28-23(19)34/h1-4,7,9,19,30H,5-6,8,10-12H2,(H,26,33)(H,27,32)(H,28,31,34). The lowest BCUT2D eigenvalue weighted by Crippen LogP contribution is -2.52. The van der Waals surface area contributed by atoms with Crippen LogP contribution in [0.3, 0.4) is 0 Å². The van der Waals surface area contributed by atoms with E-state index in [-0.39, 0.29) is 50.1 Å². The third-order valence-electron chi connectivity index (χ3n) is 5.91. The number of aliphatic hydroxyl groups excluding tert-OH is 1. The van der Waals surface area contributed by atoms with E-state index >= 15 is 0 Å². The van der Waals surface area contributed by atoms with Gasteiger partial charge in [-0.1, -0.05) is 23.7 Å². The molecular weight excluding hydrogens is 476 g/mol. The number of hydrogen-bond donors (Lipinski definition) is 4. The van der Waals surface area contributed by atoms with Gasteiger partial charge in [-0.25, -0.2) is 0 Å². The highest BCUT2D eigenvalue weighted by atomic mass is 35.5. The van der Waals surface area contributed by atoms with E-state index in [0.717, 1.165) is 0 Å². The van der Waals surface area contributed by atoms with Crippen LogP contribution in [0.1, 0.15) is 39.9 Å². The first-order chi connectivity index (χ1) is 16.7. The molecule has 4 rings (SSSR count). The van der Waals surface area contributed by atoms with Crippen molar-refractivity contribution in [3.8, 4) is 0 Å². The number of nitrogens with zero attached hydrogens (tertiary/aromatic N) is 1. The van der Waals surface area contributed by atoms with Gasteiger partial charge in [-0.2, -0.15) is 0 Å². The molecule has 2 aromatic carbocycles. The number of piperidine rings is 1. The van der Waals surface area contributed by atoms with Crippen LogP contribution in [0.25, 0.3) is 0 Å². The van der Waals surface area contributed by atoms with Gasteiger partial charge in [-0.15, -0.1) is 0 Å². The fraction of sp³-hybridized carbons (Fsp3) is 0.292. The van der Waals surface area contributed by atoms with Crippen molar-refractivity contribution in [1.29, 1.82) is 0 Å². The van der Waals surface area contributed by atoms with Crippen LogP contribution in [-0.4, -0.2) is 52.2 Å². The molecule has 0 aromatic heterocycles. The normalized spacial score (nSPS) is 17.1. The van der Waals surface area contributed by atoms with E-state index in [0.29, 0.717) is 33.0 Å². The molecule has 2 aliphatic heterocycles. The van der Waals surface area contributed by atoms with Gasteiger partial charge in [0.15, 0.2) is 0 Å². The molecule has 10 nitrogen and oxygen atoms in total. The molecule has 1 fully saturated rings. The highest BCUT2D eigenvalue weighted by Gasteiger charge is 2.39. The Morgan fingerprint density at radius 3 is 2.66 bits per heavy atom. The van der Waals surface area contributed by atoms with Crippen LogP contribution in [0.15, 0.2) is 36.4 Å². The van der Waals surface area contributed by atoms with Gasteiger partial charge in [0.1, 0.15) is 12.6 Å². The Kier molecular flexibility index (Phi) is 7.13. The molecule has 0 saturated carbocycles. The summed E-state index contributed by atoms with van der Waals surface area (Å²) in [6, 6.07) is 9.24. The van der Waals surface area contributed by atoms with E-state index in [4.69, 9.17) is 16.7 Å². The summed E-state index contributed by atoms with van der Waals surface area (Å²) < 4.78 is 0. The van der Waals surface area contributed by atoms with Gasteiger partial charge in [0.2, 0.25) is 23.6 Å². The summed E-state index contributed by atoms with van der Waals surface area (Å²) in [5.41, 5.74) is 2.91. The molecule has 2 aliphatic rings. The highest BCUT2D eigenvalue weighted by Crippen LogP contribution is 2.28. The number of aliphatic hydroxyl groups is 1. The Labute approximate surface area is 205 Å². The summed E-state index contributed by atoms with van der Waals surface area (Å²) in [5, 5.41) is 16.9. The first kappa shape index (κ1) is 24.4. The van der Waals surface area contributed by atoms with Crippen molar-refractivity contribution in [2.45, 2.75) is 38.4 Å². The van der Waals surface area contributed by atoms with Crippen molar-refractivity contribution in [2.75, 3.05) is 11.9 Å². The second-order valence-corrected chi connectivity index (χ2v) is 8.79. The van der Waals surface area contributed by atoms with Crippen molar-refractivity contribution in [3.63, 3.8) is 0 Å². The molecule has 0 spiro atoms. The van der Waals surface area contributed by atoms with E-state index in [1.165, 1.54) is 4.90 Å². The van der Waals surface area contributed by atoms with E-state index in [1.807, 2.05) is 0 Å². The minimum absolute atomic E-state index is 0.0327. The molecule has 0 aliphatic carbocycles. The van der Waals surface area contributed by atoms with Gasteiger partial charge < -0.3 is 20.6 Å². The number of fused-ring (bicyclic) bond motifs is 1. The lowest BCUT2D eigenvalue weighted by atomic mass is 10.0. The Hall–Kier alpha value is -3.76. The number of rotatable bonds is 7. The minimum Gasteiger partial charge on any atom is -0.387 e. The maximum Gasteiger partial charge on any atom is 0.255 e. The van der Waals surface area contributed by atoms with Crippen LogP contribution in [0.5, 0.6) is 0 Å². The zero-order chi connectivity index (χ0) is 25.1. The largest absolute Gasteiger partial charge is 0.387 e. The zero-order valence-electron chi connectivity index (χ0n) is 18.6. The predicted molar refractivity (Wildman–Crippen MR) is 125 cm³/mol. The van der Waals surface area contributed by atoms with E-state index in [1.54, 1.807) is 36.4 Å². The monoisotopic (exact) mass is 498 g/mol. The molecule has 11 heteroatoms. The number of carbonyl (C=O) groups is 5.